The molecule has 1 rings (SSSR count). The van der Waals surface area contributed by atoms with Gasteiger partial charge in [-0.25, -0.2) is 4.79 Å². The second-order valence-electron chi connectivity index (χ2n) is 2.94. The first kappa shape index (κ1) is 12.0. The average molecular weight is 247 g/mol. The van der Waals surface area contributed by atoms with Crippen molar-refractivity contribution in [3.05, 3.63) is 21.9 Å². The van der Waals surface area contributed by atoms with Crippen LogP contribution in [0.4, 0.5) is 4.79 Å². The second kappa shape index (κ2) is 5.72. The van der Waals surface area contributed by atoms with Crippen molar-refractivity contribution in [3.63, 3.8) is 0 Å². The summed E-state index contributed by atoms with van der Waals surface area (Å²) in [7, 11) is 0. The van der Waals surface area contributed by atoms with Crippen LogP contribution in [0.5, 0.6) is 0 Å². The minimum atomic E-state index is -0.522. The molecular weight excluding hydrogens is 236 g/mol. The molecule has 0 saturated heterocycles. The van der Waals surface area contributed by atoms with Crippen LogP contribution in [-0.2, 0) is 11.3 Å². The summed E-state index contributed by atoms with van der Waals surface area (Å²) in [5.41, 5.74) is 2.18. The number of carbonyl (C=O) groups excluding carboxylic acids is 2. The molecule has 82 valence electrons. The smallest absolute Gasteiger partial charge is 0.321 e. The van der Waals surface area contributed by atoms with Crippen LogP contribution >= 0.6 is 22.9 Å². The molecule has 6 heteroatoms. The van der Waals surface area contributed by atoms with E-state index in [1.807, 2.05) is 17.7 Å². The van der Waals surface area contributed by atoms with Gasteiger partial charge in [0.1, 0.15) is 5.88 Å². The van der Waals surface area contributed by atoms with Crippen molar-refractivity contribution in [3.8, 4) is 0 Å². The lowest BCUT2D eigenvalue weighted by Crippen LogP contribution is -2.39. The highest BCUT2D eigenvalue weighted by molar-refractivity contribution is 7.08. The van der Waals surface area contributed by atoms with Crippen molar-refractivity contribution < 1.29 is 9.59 Å². The number of thiophene rings is 1. The van der Waals surface area contributed by atoms with Crippen LogP contribution < -0.4 is 10.6 Å². The molecule has 1 heterocycles. The van der Waals surface area contributed by atoms with Crippen LogP contribution in [0.15, 0.2) is 10.8 Å². The quantitative estimate of drug-likeness (QED) is 0.797. The number of nitrogens with one attached hydrogen (secondary N) is 2. The van der Waals surface area contributed by atoms with Crippen molar-refractivity contribution in [2.45, 2.75) is 13.5 Å². The predicted octanol–water partition coefficient (Wildman–Crippen LogP) is 1.62. The molecule has 3 amide bonds. The zero-order chi connectivity index (χ0) is 11.3. The van der Waals surface area contributed by atoms with Gasteiger partial charge in [0, 0.05) is 6.54 Å². The van der Waals surface area contributed by atoms with Crippen LogP contribution in [-0.4, -0.2) is 17.8 Å². The third-order valence-corrected chi connectivity index (χ3v) is 2.93. The second-order valence-corrected chi connectivity index (χ2v) is 3.96. The Morgan fingerprint density at radius 1 is 1.47 bits per heavy atom. The molecule has 15 heavy (non-hydrogen) atoms. The Bertz CT molecular complexity index is 365. The van der Waals surface area contributed by atoms with Gasteiger partial charge in [0.15, 0.2) is 0 Å². The summed E-state index contributed by atoms with van der Waals surface area (Å²) in [5.74, 6) is -0.721. The predicted molar refractivity (Wildman–Crippen MR) is 60.2 cm³/mol. The van der Waals surface area contributed by atoms with Crippen LogP contribution in [0.1, 0.15) is 11.1 Å². The van der Waals surface area contributed by atoms with Crippen molar-refractivity contribution >= 4 is 34.9 Å². The number of imide groups is 1. The van der Waals surface area contributed by atoms with Gasteiger partial charge in [-0.3, -0.25) is 10.1 Å². The van der Waals surface area contributed by atoms with Gasteiger partial charge in [0.05, 0.1) is 0 Å². The van der Waals surface area contributed by atoms with E-state index in [0.29, 0.717) is 6.54 Å². The summed E-state index contributed by atoms with van der Waals surface area (Å²) < 4.78 is 0. The zero-order valence-electron chi connectivity index (χ0n) is 8.17. The maximum atomic E-state index is 11.1. The molecule has 0 aliphatic carbocycles. The molecule has 0 fully saturated rings. The summed E-state index contributed by atoms with van der Waals surface area (Å²) in [6.07, 6.45) is 0. The normalized spacial score (nSPS) is 9.73. The van der Waals surface area contributed by atoms with Crippen molar-refractivity contribution in [2.24, 2.45) is 0 Å². The van der Waals surface area contributed by atoms with Crippen molar-refractivity contribution in [1.29, 1.82) is 0 Å². The maximum Gasteiger partial charge on any atom is 0.321 e. The zero-order valence-corrected chi connectivity index (χ0v) is 9.74. The molecule has 0 aliphatic heterocycles. The lowest BCUT2D eigenvalue weighted by Gasteiger charge is -2.04. The Balaban J connectivity index is 2.35. The fraction of sp³-hybridized carbons (Fsp3) is 0.333. The van der Waals surface area contributed by atoms with E-state index in [-0.39, 0.29) is 5.88 Å². The van der Waals surface area contributed by atoms with Gasteiger partial charge in [-0.05, 0) is 28.8 Å². The van der Waals surface area contributed by atoms with E-state index in [1.54, 1.807) is 11.3 Å². The molecule has 0 aromatic carbocycles. The number of aryl methyl sites for hydroxylation is 1. The SMILES string of the molecule is Cc1cscc1CNC(=O)NC(=O)CCl. The van der Waals surface area contributed by atoms with E-state index < -0.39 is 11.9 Å². The Labute approximate surface area is 96.6 Å². The molecule has 0 atom stereocenters. The number of urea groups is 1. The minimum absolute atomic E-state index is 0.217. The number of hydrogen-bond acceptors (Lipinski definition) is 3. The highest BCUT2D eigenvalue weighted by atomic mass is 35.5. The van der Waals surface area contributed by atoms with E-state index in [2.05, 4.69) is 10.6 Å². The summed E-state index contributed by atoms with van der Waals surface area (Å²) in [6, 6.07) is -0.522. The molecule has 0 spiro atoms. The monoisotopic (exact) mass is 246 g/mol. The summed E-state index contributed by atoms with van der Waals surface area (Å²) in [6.45, 7) is 2.38. The first-order valence-corrected chi connectivity index (χ1v) is 5.76. The molecule has 0 bridgehead atoms. The molecule has 0 radical (unpaired) electrons. The Hall–Kier alpha value is -1.07. The van der Waals surface area contributed by atoms with Gasteiger partial charge in [-0.15, -0.1) is 11.6 Å². The topological polar surface area (TPSA) is 58.2 Å². The van der Waals surface area contributed by atoms with E-state index >= 15 is 0 Å². The van der Waals surface area contributed by atoms with E-state index in [4.69, 9.17) is 11.6 Å². The average Bonchev–Trinajstić information content (AvgIpc) is 2.61. The van der Waals surface area contributed by atoms with Gasteiger partial charge >= 0.3 is 6.03 Å². The number of carbonyl (C=O) groups is 2. The van der Waals surface area contributed by atoms with Gasteiger partial charge in [0.2, 0.25) is 5.91 Å². The fourth-order valence-corrected chi connectivity index (χ4v) is 1.87. The Morgan fingerprint density at radius 3 is 2.73 bits per heavy atom. The van der Waals surface area contributed by atoms with Gasteiger partial charge in [0.25, 0.3) is 0 Å². The standard InChI is InChI=1S/C9H11ClN2O2S/c1-6-4-15-5-7(6)3-11-9(14)12-8(13)2-10/h4-5H,2-3H2,1H3,(H2,11,12,13,14). The summed E-state index contributed by atoms with van der Waals surface area (Å²) in [5, 5.41) is 8.62. The molecule has 2 N–H and O–H groups in total. The number of alkyl halides is 1. The van der Waals surface area contributed by atoms with Crippen LogP contribution in [0.2, 0.25) is 0 Å². The van der Waals surface area contributed by atoms with E-state index in [0.717, 1.165) is 11.1 Å². The number of rotatable bonds is 3. The largest absolute Gasteiger partial charge is 0.334 e. The lowest BCUT2D eigenvalue weighted by molar-refractivity contribution is -0.117. The van der Waals surface area contributed by atoms with Crippen LogP contribution in [0, 0.1) is 6.92 Å². The molecule has 0 unspecified atom stereocenters. The highest BCUT2D eigenvalue weighted by Gasteiger charge is 2.06. The Morgan fingerprint density at radius 2 is 2.20 bits per heavy atom. The lowest BCUT2D eigenvalue weighted by atomic mass is 10.2. The maximum absolute atomic E-state index is 11.1. The number of hydrogen-bond donors (Lipinski definition) is 2. The highest BCUT2D eigenvalue weighted by Crippen LogP contribution is 2.12. The van der Waals surface area contributed by atoms with Crippen molar-refractivity contribution in [1.82, 2.24) is 10.6 Å². The molecule has 0 saturated carbocycles. The first-order valence-electron chi connectivity index (χ1n) is 4.28. The van der Waals surface area contributed by atoms with Gasteiger partial charge in [-0.2, -0.15) is 11.3 Å². The third-order valence-electron chi connectivity index (χ3n) is 1.78. The summed E-state index contributed by atoms with van der Waals surface area (Å²) >= 11 is 6.81. The third kappa shape index (κ3) is 3.89. The minimum Gasteiger partial charge on any atom is -0.334 e. The Kier molecular flexibility index (Phi) is 4.58. The molecule has 1 aromatic rings. The summed E-state index contributed by atoms with van der Waals surface area (Å²) in [4.78, 5) is 21.9. The van der Waals surface area contributed by atoms with Crippen LogP contribution in [0.25, 0.3) is 0 Å². The van der Waals surface area contributed by atoms with E-state index in [9.17, 15) is 9.59 Å². The van der Waals surface area contributed by atoms with Gasteiger partial charge < -0.3 is 5.32 Å². The molecule has 4 nitrogen and oxygen atoms in total. The number of amides is 3. The van der Waals surface area contributed by atoms with Crippen LogP contribution in [0.3, 0.4) is 0 Å². The number of halogens is 1. The molecule has 0 aliphatic rings. The fourth-order valence-electron chi connectivity index (χ4n) is 0.948. The van der Waals surface area contributed by atoms with Gasteiger partial charge in [-0.1, -0.05) is 0 Å². The molecular formula is C9H11ClN2O2S. The first-order chi connectivity index (χ1) is 7.13. The molecule has 1 aromatic heterocycles. The van der Waals surface area contributed by atoms with Crippen molar-refractivity contribution in [2.75, 3.05) is 5.88 Å². The van der Waals surface area contributed by atoms with E-state index in [1.165, 1.54) is 0 Å².